The zero-order valence-corrected chi connectivity index (χ0v) is 19.0. The van der Waals surface area contributed by atoms with Gasteiger partial charge in [0.2, 0.25) is 0 Å². The predicted molar refractivity (Wildman–Crippen MR) is 121 cm³/mol. The van der Waals surface area contributed by atoms with Crippen LogP contribution in [0.25, 0.3) is 0 Å². The summed E-state index contributed by atoms with van der Waals surface area (Å²) in [6, 6.07) is 13.0. The van der Waals surface area contributed by atoms with Crippen LogP contribution >= 0.6 is 0 Å². The minimum atomic E-state index is -0.139. The Bertz CT molecular complexity index is 1130. The number of carbonyl (C=O) groups is 1. The molecule has 1 aromatic heterocycles. The first kappa shape index (κ1) is 21.7. The Morgan fingerprint density at radius 1 is 1.12 bits per heavy atom. The van der Waals surface area contributed by atoms with Gasteiger partial charge in [0.1, 0.15) is 11.4 Å². The van der Waals surface area contributed by atoms with Crippen molar-refractivity contribution in [3.8, 4) is 17.2 Å². The Kier molecular flexibility index (Phi) is 6.08. The number of phenolic OH excluding ortho intramolecular Hbond substituents is 1. The fourth-order valence-corrected chi connectivity index (χ4v) is 3.95. The number of nitrogens with zero attached hydrogens (tertiary/aromatic N) is 3. The van der Waals surface area contributed by atoms with E-state index >= 15 is 0 Å². The SMILES string of the molecule is COc1cc(C)ccc1CN(Cc1cccc(O)c1OC)C(=O)c1cc(C2CC2)nn1C. The summed E-state index contributed by atoms with van der Waals surface area (Å²) in [7, 11) is 4.95. The molecule has 7 heteroatoms. The van der Waals surface area contributed by atoms with E-state index in [4.69, 9.17) is 9.47 Å². The van der Waals surface area contributed by atoms with Crippen LogP contribution in [0, 0.1) is 6.92 Å². The van der Waals surface area contributed by atoms with E-state index in [1.54, 1.807) is 35.9 Å². The lowest BCUT2D eigenvalue weighted by Crippen LogP contribution is -2.32. The molecule has 0 bridgehead atoms. The molecule has 0 radical (unpaired) electrons. The Balaban J connectivity index is 1.71. The molecule has 4 rings (SSSR count). The summed E-state index contributed by atoms with van der Waals surface area (Å²) < 4.78 is 12.6. The number of aromatic hydroxyl groups is 1. The molecule has 7 nitrogen and oxygen atoms in total. The molecule has 3 aromatic rings. The number of para-hydroxylation sites is 1. The van der Waals surface area contributed by atoms with Crippen molar-refractivity contribution in [1.29, 1.82) is 0 Å². The van der Waals surface area contributed by atoms with E-state index in [1.807, 2.05) is 37.3 Å². The highest BCUT2D eigenvalue weighted by Gasteiger charge is 2.30. The second kappa shape index (κ2) is 8.94. The topological polar surface area (TPSA) is 76.8 Å². The molecule has 1 aliphatic rings. The molecule has 1 aliphatic carbocycles. The molecule has 1 saturated carbocycles. The third kappa shape index (κ3) is 4.42. The minimum Gasteiger partial charge on any atom is -0.504 e. The number of amides is 1. The number of hydrogen-bond acceptors (Lipinski definition) is 5. The first-order valence-corrected chi connectivity index (χ1v) is 10.7. The van der Waals surface area contributed by atoms with Gasteiger partial charge in [-0.15, -0.1) is 0 Å². The Morgan fingerprint density at radius 3 is 2.56 bits per heavy atom. The Labute approximate surface area is 188 Å². The van der Waals surface area contributed by atoms with Crippen molar-refractivity contribution in [2.75, 3.05) is 14.2 Å². The average molecular weight is 436 g/mol. The maximum atomic E-state index is 13.7. The van der Waals surface area contributed by atoms with Crippen molar-refractivity contribution in [3.05, 3.63) is 70.5 Å². The number of hydrogen-bond donors (Lipinski definition) is 1. The van der Waals surface area contributed by atoms with Crippen LogP contribution in [0.2, 0.25) is 0 Å². The average Bonchev–Trinajstić information content (AvgIpc) is 3.55. The van der Waals surface area contributed by atoms with E-state index in [2.05, 4.69) is 5.10 Å². The molecule has 1 amide bonds. The smallest absolute Gasteiger partial charge is 0.272 e. The lowest BCUT2D eigenvalue weighted by molar-refractivity contribution is 0.0716. The molecule has 0 aliphatic heterocycles. The van der Waals surface area contributed by atoms with Crippen LogP contribution in [0.15, 0.2) is 42.5 Å². The van der Waals surface area contributed by atoms with E-state index in [1.165, 1.54) is 7.11 Å². The number of rotatable bonds is 8. The van der Waals surface area contributed by atoms with Gasteiger partial charge in [-0.3, -0.25) is 9.48 Å². The van der Waals surface area contributed by atoms with E-state index in [-0.39, 0.29) is 18.2 Å². The minimum absolute atomic E-state index is 0.0434. The first-order chi connectivity index (χ1) is 15.4. The number of ether oxygens (including phenoxy) is 2. The molecule has 0 saturated heterocycles. The van der Waals surface area contributed by atoms with Gasteiger partial charge in [-0.25, -0.2) is 0 Å². The van der Waals surface area contributed by atoms with Crippen molar-refractivity contribution >= 4 is 5.91 Å². The van der Waals surface area contributed by atoms with Gasteiger partial charge >= 0.3 is 0 Å². The lowest BCUT2D eigenvalue weighted by Gasteiger charge is -2.25. The summed E-state index contributed by atoms with van der Waals surface area (Å²) in [5, 5.41) is 14.8. The largest absolute Gasteiger partial charge is 0.504 e. The summed E-state index contributed by atoms with van der Waals surface area (Å²) in [5.74, 6) is 1.46. The molecule has 0 unspecified atom stereocenters. The van der Waals surface area contributed by atoms with Crippen LogP contribution in [0.5, 0.6) is 17.2 Å². The van der Waals surface area contributed by atoms with Crippen molar-refractivity contribution < 1.29 is 19.4 Å². The van der Waals surface area contributed by atoms with Crippen molar-refractivity contribution in [3.63, 3.8) is 0 Å². The van der Waals surface area contributed by atoms with Crippen LogP contribution < -0.4 is 9.47 Å². The van der Waals surface area contributed by atoms with Crippen molar-refractivity contribution in [2.24, 2.45) is 7.05 Å². The van der Waals surface area contributed by atoms with Gasteiger partial charge in [-0.1, -0.05) is 24.3 Å². The molecule has 2 aromatic carbocycles. The lowest BCUT2D eigenvalue weighted by atomic mass is 10.1. The summed E-state index contributed by atoms with van der Waals surface area (Å²) >= 11 is 0. The molecule has 1 fully saturated rings. The van der Waals surface area contributed by atoms with E-state index in [9.17, 15) is 9.90 Å². The predicted octanol–water partition coefficient (Wildman–Crippen LogP) is 4.17. The van der Waals surface area contributed by atoms with Gasteiger partial charge in [-0.05, 0) is 43.5 Å². The van der Waals surface area contributed by atoms with Gasteiger partial charge in [0.25, 0.3) is 5.91 Å². The molecule has 1 heterocycles. The summed E-state index contributed by atoms with van der Waals surface area (Å²) in [6.07, 6.45) is 2.24. The highest BCUT2D eigenvalue weighted by Crippen LogP contribution is 2.39. The zero-order valence-electron chi connectivity index (χ0n) is 19.0. The standard InChI is InChI=1S/C25H29N3O4/c1-16-8-9-18(23(12-16)31-3)14-28(15-19-6-5-7-22(29)24(19)32-4)25(30)21-13-20(17-10-11-17)26-27(21)2/h5-9,12-13,17,29H,10-11,14-15H2,1-4H3. The number of aromatic nitrogens is 2. The number of benzene rings is 2. The number of aryl methyl sites for hydroxylation is 2. The highest BCUT2D eigenvalue weighted by atomic mass is 16.5. The van der Waals surface area contributed by atoms with Gasteiger partial charge in [0.05, 0.1) is 33.0 Å². The van der Waals surface area contributed by atoms with Crippen molar-refractivity contribution in [2.45, 2.75) is 38.8 Å². The fourth-order valence-electron chi connectivity index (χ4n) is 3.95. The van der Waals surface area contributed by atoms with Crippen LogP contribution in [0.3, 0.4) is 0 Å². The zero-order chi connectivity index (χ0) is 22.8. The summed E-state index contributed by atoms with van der Waals surface area (Å²) in [4.78, 5) is 15.4. The van der Waals surface area contributed by atoms with Gasteiger partial charge in [-0.2, -0.15) is 5.10 Å². The second-order valence-corrected chi connectivity index (χ2v) is 8.30. The molecule has 0 spiro atoms. The Hall–Kier alpha value is -3.48. The molecule has 1 N–H and O–H groups in total. The van der Waals surface area contributed by atoms with Crippen LogP contribution in [0.1, 0.15) is 51.6 Å². The normalized spacial score (nSPS) is 13.1. The molecular weight excluding hydrogens is 406 g/mol. The van der Waals surface area contributed by atoms with Crippen LogP contribution in [-0.4, -0.2) is 39.9 Å². The quantitative estimate of drug-likeness (QED) is 0.575. The Morgan fingerprint density at radius 2 is 1.88 bits per heavy atom. The van der Waals surface area contributed by atoms with Crippen LogP contribution in [0.4, 0.5) is 0 Å². The van der Waals surface area contributed by atoms with Gasteiger partial charge in [0.15, 0.2) is 11.5 Å². The fraction of sp³-hybridized carbons (Fsp3) is 0.360. The number of methoxy groups -OCH3 is 2. The van der Waals surface area contributed by atoms with Crippen molar-refractivity contribution in [1.82, 2.24) is 14.7 Å². The maximum absolute atomic E-state index is 13.7. The van der Waals surface area contributed by atoms with E-state index in [0.29, 0.717) is 23.9 Å². The third-order valence-electron chi connectivity index (χ3n) is 5.85. The second-order valence-electron chi connectivity index (χ2n) is 8.30. The third-order valence-corrected chi connectivity index (χ3v) is 5.85. The molecule has 32 heavy (non-hydrogen) atoms. The number of phenols is 1. The molecule has 168 valence electrons. The number of carbonyl (C=O) groups excluding carboxylic acids is 1. The molecular formula is C25H29N3O4. The van der Waals surface area contributed by atoms with E-state index in [0.717, 1.165) is 41.0 Å². The highest BCUT2D eigenvalue weighted by molar-refractivity contribution is 5.92. The van der Waals surface area contributed by atoms with E-state index < -0.39 is 0 Å². The van der Waals surface area contributed by atoms with Gasteiger partial charge in [0, 0.05) is 24.1 Å². The first-order valence-electron chi connectivity index (χ1n) is 10.7. The molecule has 0 atom stereocenters. The maximum Gasteiger partial charge on any atom is 0.272 e. The van der Waals surface area contributed by atoms with Crippen LogP contribution in [-0.2, 0) is 20.1 Å². The summed E-state index contributed by atoms with van der Waals surface area (Å²) in [5.41, 5.74) is 4.21. The summed E-state index contributed by atoms with van der Waals surface area (Å²) in [6.45, 7) is 2.60. The van der Waals surface area contributed by atoms with Gasteiger partial charge < -0.3 is 19.5 Å². The monoisotopic (exact) mass is 435 g/mol.